The Labute approximate surface area is 107 Å². The Hall–Kier alpha value is -1.36. The Morgan fingerprint density at radius 3 is 2.78 bits per heavy atom. The van der Waals surface area contributed by atoms with Crippen molar-refractivity contribution in [3.05, 3.63) is 17.5 Å². The molecule has 1 N–H and O–H groups in total. The Morgan fingerprint density at radius 2 is 2.22 bits per heavy atom. The number of hydrogen-bond acceptors (Lipinski definition) is 3. The number of rotatable bonds is 5. The van der Waals surface area contributed by atoms with E-state index in [1.54, 1.807) is 4.68 Å². The third-order valence-corrected chi connectivity index (χ3v) is 3.89. The molecule has 2 rings (SSSR count). The number of nitrogens with zero attached hydrogens (tertiary/aromatic N) is 3. The molecule has 5 heteroatoms. The highest BCUT2D eigenvalue weighted by molar-refractivity contribution is 5.88. The van der Waals surface area contributed by atoms with Crippen LogP contribution in [0.25, 0.3) is 0 Å². The van der Waals surface area contributed by atoms with Gasteiger partial charge in [-0.1, -0.05) is 19.8 Å². The van der Waals surface area contributed by atoms with Gasteiger partial charge in [0.1, 0.15) is 5.56 Å². The van der Waals surface area contributed by atoms with Crippen molar-refractivity contribution < 1.29 is 9.90 Å². The van der Waals surface area contributed by atoms with Gasteiger partial charge in [0.2, 0.25) is 0 Å². The van der Waals surface area contributed by atoms with Gasteiger partial charge in [-0.05, 0) is 19.4 Å². The summed E-state index contributed by atoms with van der Waals surface area (Å²) in [5.41, 5.74) is 1.13. The summed E-state index contributed by atoms with van der Waals surface area (Å²) in [6.45, 7) is 3.77. The molecule has 5 nitrogen and oxygen atoms in total. The molecule has 1 aromatic heterocycles. The number of aromatic nitrogens is 2. The van der Waals surface area contributed by atoms with Crippen LogP contribution in [0.1, 0.15) is 48.7 Å². The van der Waals surface area contributed by atoms with E-state index in [0.29, 0.717) is 18.2 Å². The fraction of sp³-hybridized carbons (Fsp3) is 0.692. The first-order chi connectivity index (χ1) is 8.63. The molecule has 1 saturated carbocycles. The maximum atomic E-state index is 11.2. The molecule has 1 aliphatic rings. The van der Waals surface area contributed by atoms with Crippen molar-refractivity contribution in [2.45, 2.75) is 45.2 Å². The molecule has 1 heterocycles. The lowest BCUT2D eigenvalue weighted by Gasteiger charge is -2.27. The van der Waals surface area contributed by atoms with Crippen LogP contribution >= 0.6 is 0 Å². The molecule has 0 aliphatic heterocycles. The van der Waals surface area contributed by atoms with Crippen molar-refractivity contribution in [2.75, 3.05) is 6.54 Å². The highest BCUT2D eigenvalue weighted by Gasteiger charge is 2.24. The SMILES string of the molecule is CCN(Cc1c(C(=O)O)cnn1C)C1CCCC1. The minimum atomic E-state index is -0.888. The Bertz CT molecular complexity index is 422. The molecule has 1 fully saturated rings. The van der Waals surface area contributed by atoms with E-state index in [2.05, 4.69) is 16.9 Å². The highest BCUT2D eigenvalue weighted by atomic mass is 16.4. The predicted octanol–water partition coefficient (Wildman–Crippen LogP) is 1.88. The van der Waals surface area contributed by atoms with Gasteiger partial charge >= 0.3 is 5.97 Å². The maximum absolute atomic E-state index is 11.2. The van der Waals surface area contributed by atoms with E-state index >= 15 is 0 Å². The van der Waals surface area contributed by atoms with Gasteiger partial charge in [0.15, 0.2) is 0 Å². The quantitative estimate of drug-likeness (QED) is 0.868. The second kappa shape index (κ2) is 5.52. The summed E-state index contributed by atoms with van der Waals surface area (Å²) in [5.74, 6) is -0.888. The molecule has 0 atom stereocenters. The molecule has 0 saturated heterocycles. The smallest absolute Gasteiger partial charge is 0.339 e. The summed E-state index contributed by atoms with van der Waals surface area (Å²) in [5, 5.41) is 13.2. The maximum Gasteiger partial charge on any atom is 0.339 e. The molecule has 0 unspecified atom stereocenters. The molecule has 18 heavy (non-hydrogen) atoms. The van der Waals surface area contributed by atoms with Crippen molar-refractivity contribution in [1.29, 1.82) is 0 Å². The summed E-state index contributed by atoms with van der Waals surface area (Å²) in [7, 11) is 1.81. The van der Waals surface area contributed by atoms with Crippen molar-refractivity contribution in [2.24, 2.45) is 7.05 Å². The van der Waals surface area contributed by atoms with Crippen LogP contribution in [0.5, 0.6) is 0 Å². The van der Waals surface area contributed by atoms with Gasteiger partial charge in [-0.3, -0.25) is 9.58 Å². The molecule has 0 bridgehead atoms. The van der Waals surface area contributed by atoms with E-state index in [1.165, 1.54) is 31.9 Å². The minimum absolute atomic E-state index is 0.328. The van der Waals surface area contributed by atoms with E-state index < -0.39 is 5.97 Å². The third-order valence-electron chi connectivity index (χ3n) is 3.89. The largest absolute Gasteiger partial charge is 0.478 e. The van der Waals surface area contributed by atoms with Gasteiger partial charge in [-0.2, -0.15) is 5.10 Å². The lowest BCUT2D eigenvalue weighted by molar-refractivity contribution is 0.0693. The number of carboxylic acid groups (broad SMARTS) is 1. The van der Waals surface area contributed by atoms with Crippen LogP contribution in [0, 0.1) is 0 Å². The second-order valence-corrected chi connectivity index (χ2v) is 4.94. The minimum Gasteiger partial charge on any atom is -0.478 e. The average Bonchev–Trinajstić information content (AvgIpc) is 2.96. The number of carbonyl (C=O) groups is 1. The lowest BCUT2D eigenvalue weighted by Crippen LogP contribution is -2.33. The van der Waals surface area contributed by atoms with E-state index in [9.17, 15) is 4.79 Å². The van der Waals surface area contributed by atoms with Crippen LogP contribution in [0.3, 0.4) is 0 Å². The Kier molecular flexibility index (Phi) is 4.01. The van der Waals surface area contributed by atoms with Crippen molar-refractivity contribution >= 4 is 5.97 Å². The fourth-order valence-corrected chi connectivity index (χ4v) is 2.79. The summed E-state index contributed by atoms with van der Waals surface area (Å²) < 4.78 is 1.68. The summed E-state index contributed by atoms with van der Waals surface area (Å²) in [6, 6.07) is 0.603. The van der Waals surface area contributed by atoms with Crippen LogP contribution in [-0.4, -0.2) is 38.3 Å². The zero-order valence-corrected chi connectivity index (χ0v) is 11.1. The first-order valence-electron chi connectivity index (χ1n) is 6.61. The first kappa shape index (κ1) is 13.1. The Morgan fingerprint density at radius 1 is 1.56 bits per heavy atom. The number of aryl methyl sites for hydroxylation is 1. The monoisotopic (exact) mass is 251 g/mol. The second-order valence-electron chi connectivity index (χ2n) is 4.94. The molecule has 1 aliphatic carbocycles. The van der Waals surface area contributed by atoms with Crippen LogP contribution in [-0.2, 0) is 13.6 Å². The predicted molar refractivity (Wildman–Crippen MR) is 68.5 cm³/mol. The van der Waals surface area contributed by atoms with Gasteiger partial charge in [0.05, 0.1) is 11.9 Å². The first-order valence-corrected chi connectivity index (χ1v) is 6.61. The van der Waals surface area contributed by atoms with Gasteiger partial charge < -0.3 is 5.11 Å². The molecular formula is C13H21N3O2. The molecule has 0 spiro atoms. The van der Waals surface area contributed by atoms with E-state index in [-0.39, 0.29) is 0 Å². The van der Waals surface area contributed by atoms with E-state index in [1.807, 2.05) is 7.05 Å². The Balaban J connectivity index is 2.15. The zero-order chi connectivity index (χ0) is 13.1. The highest BCUT2D eigenvalue weighted by Crippen LogP contribution is 2.25. The summed E-state index contributed by atoms with van der Waals surface area (Å²) in [6.07, 6.45) is 6.49. The van der Waals surface area contributed by atoms with Crippen LogP contribution < -0.4 is 0 Å². The van der Waals surface area contributed by atoms with Crippen LogP contribution in [0.4, 0.5) is 0 Å². The van der Waals surface area contributed by atoms with Gasteiger partial charge in [0.25, 0.3) is 0 Å². The van der Waals surface area contributed by atoms with Crippen LogP contribution in [0.15, 0.2) is 6.20 Å². The third kappa shape index (κ3) is 2.56. The molecular weight excluding hydrogens is 230 g/mol. The molecule has 0 aromatic carbocycles. The van der Waals surface area contributed by atoms with Crippen molar-refractivity contribution in [1.82, 2.24) is 14.7 Å². The number of hydrogen-bond donors (Lipinski definition) is 1. The van der Waals surface area contributed by atoms with E-state index in [0.717, 1.165) is 12.2 Å². The van der Waals surface area contributed by atoms with Gasteiger partial charge in [0, 0.05) is 19.6 Å². The average molecular weight is 251 g/mol. The standard InChI is InChI=1S/C13H21N3O2/c1-3-16(10-6-4-5-7-10)9-12-11(13(17)18)8-14-15(12)2/h8,10H,3-7,9H2,1-2H3,(H,17,18). The zero-order valence-electron chi connectivity index (χ0n) is 11.1. The van der Waals surface area contributed by atoms with Crippen molar-refractivity contribution in [3.8, 4) is 0 Å². The van der Waals surface area contributed by atoms with Gasteiger partial charge in [-0.25, -0.2) is 4.79 Å². The summed E-state index contributed by atoms with van der Waals surface area (Å²) in [4.78, 5) is 13.5. The van der Waals surface area contributed by atoms with Gasteiger partial charge in [-0.15, -0.1) is 0 Å². The van der Waals surface area contributed by atoms with Crippen molar-refractivity contribution in [3.63, 3.8) is 0 Å². The number of aromatic carboxylic acids is 1. The molecule has 0 amide bonds. The van der Waals surface area contributed by atoms with E-state index in [4.69, 9.17) is 5.11 Å². The fourth-order valence-electron chi connectivity index (χ4n) is 2.79. The molecule has 100 valence electrons. The lowest BCUT2D eigenvalue weighted by atomic mass is 10.1. The topological polar surface area (TPSA) is 58.4 Å². The van der Waals surface area contributed by atoms with Crippen LogP contribution in [0.2, 0.25) is 0 Å². The summed E-state index contributed by atoms with van der Waals surface area (Å²) >= 11 is 0. The normalized spacial score (nSPS) is 16.6. The molecule has 0 radical (unpaired) electrons. The number of carboxylic acids is 1. The molecule has 1 aromatic rings.